The van der Waals surface area contributed by atoms with Crippen LogP contribution in [0.25, 0.3) is 0 Å². The van der Waals surface area contributed by atoms with E-state index in [0.29, 0.717) is 0 Å². The zero-order chi connectivity index (χ0) is 5.86. The van der Waals surface area contributed by atoms with Gasteiger partial charge in [0.05, 0.1) is 0 Å². The minimum Gasteiger partial charge on any atom is -0.867 e. The van der Waals surface area contributed by atoms with Crippen molar-refractivity contribution in [2.45, 2.75) is 13.3 Å². The van der Waals surface area contributed by atoms with Crippen LogP contribution >= 0.6 is 12.2 Å². The van der Waals surface area contributed by atoms with E-state index in [-0.39, 0.29) is 63.6 Å². The largest absolute Gasteiger partial charge is 1.00 e. The van der Waals surface area contributed by atoms with E-state index in [1.165, 1.54) is 6.92 Å². The minimum absolute atomic E-state index is 0. The molecule has 0 spiro atoms. The van der Waals surface area contributed by atoms with Gasteiger partial charge in [-0.1, -0.05) is 5.05 Å². The SMILES string of the molecule is CC(=O)CC([O-])=S.[K+]. The summed E-state index contributed by atoms with van der Waals surface area (Å²) in [5.74, 6) is -0.167. The molecule has 0 amide bonds. The van der Waals surface area contributed by atoms with E-state index in [1.54, 1.807) is 0 Å². The molecule has 0 saturated carbocycles. The van der Waals surface area contributed by atoms with Crippen molar-refractivity contribution in [1.29, 1.82) is 0 Å². The van der Waals surface area contributed by atoms with Gasteiger partial charge in [-0.2, -0.15) is 0 Å². The summed E-state index contributed by atoms with van der Waals surface area (Å²) in [6.07, 6.45) is -0.102. The van der Waals surface area contributed by atoms with Crippen molar-refractivity contribution in [3.05, 3.63) is 0 Å². The zero-order valence-electron chi connectivity index (χ0n) is 4.93. The Bertz CT molecular complexity index is 90.2. The van der Waals surface area contributed by atoms with E-state index in [9.17, 15) is 9.90 Å². The molecule has 0 saturated heterocycles. The molecule has 0 radical (unpaired) electrons. The van der Waals surface area contributed by atoms with Gasteiger partial charge < -0.3 is 5.11 Å². The number of ketones is 1. The van der Waals surface area contributed by atoms with Crippen molar-refractivity contribution in [2.24, 2.45) is 0 Å². The summed E-state index contributed by atoms with van der Waals surface area (Å²) in [6.45, 7) is 1.34. The molecule has 40 valence electrons. The van der Waals surface area contributed by atoms with Crippen LogP contribution in [0.3, 0.4) is 0 Å². The number of Topliss-reactive ketones (excluding diaryl/α,β-unsaturated/α-hetero) is 1. The van der Waals surface area contributed by atoms with E-state index in [1.807, 2.05) is 0 Å². The molecule has 8 heavy (non-hydrogen) atoms. The van der Waals surface area contributed by atoms with Gasteiger partial charge >= 0.3 is 51.4 Å². The fraction of sp³-hybridized carbons (Fsp3) is 0.500. The van der Waals surface area contributed by atoms with Crippen LogP contribution in [-0.2, 0) is 4.79 Å². The standard InChI is InChI=1S/C4H6O2S.K/c1-3(5)2-4(6)7;/h2H2,1H3,(H,6,7);/q;+1/p-1. The van der Waals surface area contributed by atoms with Gasteiger partial charge in [-0.25, -0.2) is 0 Å². The molecule has 4 heteroatoms. The van der Waals surface area contributed by atoms with Crippen LogP contribution in [0.2, 0.25) is 0 Å². The van der Waals surface area contributed by atoms with E-state index >= 15 is 0 Å². The molecule has 0 unspecified atom stereocenters. The number of carbonyl (C=O) groups is 1. The average molecular weight is 156 g/mol. The van der Waals surface area contributed by atoms with Crippen molar-refractivity contribution in [3.63, 3.8) is 0 Å². The number of rotatable bonds is 2. The molecule has 0 aromatic heterocycles. The smallest absolute Gasteiger partial charge is 0.867 e. The van der Waals surface area contributed by atoms with Gasteiger partial charge in [-0.15, -0.1) is 12.2 Å². The number of carbonyl (C=O) groups excluding carboxylic acids is 1. The van der Waals surface area contributed by atoms with E-state index < -0.39 is 5.05 Å². The second kappa shape index (κ2) is 6.32. The first-order valence-electron chi connectivity index (χ1n) is 1.82. The van der Waals surface area contributed by atoms with Crippen molar-refractivity contribution in [1.82, 2.24) is 0 Å². The molecule has 2 nitrogen and oxygen atoms in total. The summed E-state index contributed by atoms with van der Waals surface area (Å²) >= 11 is 4.10. The third-order valence-electron chi connectivity index (χ3n) is 0.393. The Balaban J connectivity index is 0. The topological polar surface area (TPSA) is 40.1 Å². The zero-order valence-corrected chi connectivity index (χ0v) is 8.87. The Hall–Kier alpha value is 1.20. The molecule has 0 aliphatic rings. The third-order valence-corrected chi connectivity index (χ3v) is 0.538. The van der Waals surface area contributed by atoms with Gasteiger partial charge in [-0.3, -0.25) is 4.79 Å². The maximum absolute atomic E-state index is 9.97. The Labute approximate surface area is 96.1 Å². The Morgan fingerprint density at radius 2 is 2.12 bits per heavy atom. The van der Waals surface area contributed by atoms with E-state index in [2.05, 4.69) is 12.2 Å². The molecule has 0 bridgehead atoms. The molecule has 0 rings (SSSR count). The van der Waals surface area contributed by atoms with Gasteiger partial charge in [0.2, 0.25) is 0 Å². The Morgan fingerprint density at radius 3 is 2.12 bits per heavy atom. The van der Waals surface area contributed by atoms with Gasteiger partial charge in [0, 0.05) is 6.42 Å². The summed E-state index contributed by atoms with van der Waals surface area (Å²) in [4.78, 5) is 9.97. The molecule has 0 fully saturated rings. The predicted molar refractivity (Wildman–Crippen MR) is 27.9 cm³/mol. The van der Waals surface area contributed by atoms with E-state index in [4.69, 9.17) is 0 Å². The van der Waals surface area contributed by atoms with Gasteiger partial charge in [0.25, 0.3) is 0 Å². The maximum Gasteiger partial charge on any atom is 1.00 e. The number of hydrogen-bond acceptors (Lipinski definition) is 3. The molecule has 0 aromatic rings. The van der Waals surface area contributed by atoms with Crippen LogP contribution in [-0.4, -0.2) is 10.8 Å². The monoisotopic (exact) mass is 156 g/mol. The summed E-state index contributed by atoms with van der Waals surface area (Å²) in [6, 6.07) is 0. The van der Waals surface area contributed by atoms with Crippen LogP contribution in [0.15, 0.2) is 0 Å². The van der Waals surface area contributed by atoms with Crippen molar-refractivity contribution < 1.29 is 61.3 Å². The molecular formula is C4H5KO2S. The second-order valence-electron chi connectivity index (χ2n) is 1.25. The fourth-order valence-electron chi connectivity index (χ4n) is 0.203. The van der Waals surface area contributed by atoms with E-state index in [0.717, 1.165) is 0 Å². The molecule has 0 atom stereocenters. The first kappa shape index (κ1) is 11.9. The summed E-state index contributed by atoms with van der Waals surface area (Å²) in [5, 5.41) is 9.37. The first-order valence-corrected chi connectivity index (χ1v) is 2.23. The average Bonchev–Trinajstić information content (AvgIpc) is 1.27. The minimum atomic E-state index is -0.479. The van der Waals surface area contributed by atoms with Crippen LogP contribution in [0.1, 0.15) is 13.3 Å². The molecule has 0 aliphatic heterocycles. The summed E-state index contributed by atoms with van der Waals surface area (Å²) in [7, 11) is 0. The predicted octanol–water partition coefficient (Wildman–Crippen LogP) is -3.34. The van der Waals surface area contributed by atoms with Crippen molar-refractivity contribution >= 4 is 23.1 Å². The number of thiocarbonyl (C=S) groups is 1. The van der Waals surface area contributed by atoms with Gasteiger partial charge in [-0.05, 0) is 6.92 Å². The normalized spacial score (nSPS) is 7.12. The Morgan fingerprint density at radius 1 is 1.75 bits per heavy atom. The third kappa shape index (κ3) is 10.2. The molecule has 0 N–H and O–H groups in total. The first-order chi connectivity index (χ1) is 3.13. The summed E-state index contributed by atoms with van der Waals surface area (Å²) in [5.41, 5.74) is 0. The van der Waals surface area contributed by atoms with Crippen LogP contribution in [0.5, 0.6) is 0 Å². The van der Waals surface area contributed by atoms with Crippen LogP contribution in [0.4, 0.5) is 0 Å². The molecule has 0 aliphatic carbocycles. The molecule has 0 aromatic carbocycles. The van der Waals surface area contributed by atoms with Crippen LogP contribution < -0.4 is 56.5 Å². The second-order valence-corrected chi connectivity index (χ2v) is 1.71. The fourth-order valence-corrected chi connectivity index (χ4v) is 0.407. The Kier molecular flexibility index (Phi) is 9.42. The molecular weight excluding hydrogens is 151 g/mol. The summed E-state index contributed by atoms with van der Waals surface area (Å²) < 4.78 is 0. The quantitative estimate of drug-likeness (QED) is 0.310. The van der Waals surface area contributed by atoms with Crippen molar-refractivity contribution in [3.8, 4) is 0 Å². The van der Waals surface area contributed by atoms with Gasteiger partial charge in [0.1, 0.15) is 5.78 Å². The van der Waals surface area contributed by atoms with Crippen LogP contribution in [0, 0.1) is 0 Å². The molecule has 0 heterocycles. The number of hydrogen-bond donors (Lipinski definition) is 0. The van der Waals surface area contributed by atoms with Crippen molar-refractivity contribution in [2.75, 3.05) is 0 Å². The maximum atomic E-state index is 9.97. The van der Waals surface area contributed by atoms with Gasteiger partial charge in [0.15, 0.2) is 0 Å².